The zero-order valence-electron chi connectivity index (χ0n) is 17.2. The summed E-state index contributed by atoms with van der Waals surface area (Å²) in [7, 11) is 4.06. The molecule has 0 amide bonds. The molecule has 3 aromatic rings. The molecule has 0 aliphatic carbocycles. The van der Waals surface area contributed by atoms with Crippen molar-refractivity contribution in [2.75, 3.05) is 26.1 Å². The second kappa shape index (κ2) is 7.68. The number of aliphatic imine (C=N–C) groups is 1. The number of hydrazine groups is 1. The van der Waals surface area contributed by atoms with Gasteiger partial charge in [0, 0.05) is 17.7 Å². The van der Waals surface area contributed by atoms with Crippen LogP contribution in [0.2, 0.25) is 0 Å². The maximum atomic E-state index is 14.2. The summed E-state index contributed by atoms with van der Waals surface area (Å²) in [6, 6.07) is 10.7. The van der Waals surface area contributed by atoms with Crippen LogP contribution >= 0.6 is 0 Å². The summed E-state index contributed by atoms with van der Waals surface area (Å²) >= 11 is 0. The van der Waals surface area contributed by atoms with E-state index < -0.39 is 5.82 Å². The molecule has 0 bridgehead atoms. The van der Waals surface area contributed by atoms with Gasteiger partial charge in [-0.1, -0.05) is 24.3 Å². The summed E-state index contributed by atoms with van der Waals surface area (Å²) in [4.78, 5) is 23.6. The first-order valence-corrected chi connectivity index (χ1v) is 10.0. The molecule has 3 N–H and O–H groups in total. The highest BCUT2D eigenvalue weighted by Gasteiger charge is 2.39. The molecule has 158 valence electrons. The zero-order chi connectivity index (χ0) is 21.5. The van der Waals surface area contributed by atoms with Gasteiger partial charge in [0.05, 0.1) is 23.4 Å². The second-order valence-electron chi connectivity index (χ2n) is 8.08. The number of benzene rings is 2. The Bertz CT molecular complexity index is 1160. The molecule has 2 aromatic carbocycles. The molecule has 0 saturated carbocycles. The van der Waals surface area contributed by atoms with Crippen LogP contribution in [0.1, 0.15) is 44.8 Å². The summed E-state index contributed by atoms with van der Waals surface area (Å²) in [6.45, 7) is 0.815. The molecule has 3 heterocycles. The van der Waals surface area contributed by atoms with Crippen LogP contribution < -0.4 is 10.9 Å². The Kier molecular flexibility index (Phi) is 4.84. The van der Waals surface area contributed by atoms with Crippen LogP contribution in [0.5, 0.6) is 0 Å². The third kappa shape index (κ3) is 3.51. The van der Waals surface area contributed by atoms with Crippen molar-refractivity contribution in [2.45, 2.75) is 18.5 Å². The van der Waals surface area contributed by atoms with Gasteiger partial charge >= 0.3 is 0 Å². The highest BCUT2D eigenvalue weighted by Crippen LogP contribution is 2.40. The van der Waals surface area contributed by atoms with Gasteiger partial charge in [-0.3, -0.25) is 14.9 Å². The number of Topliss-reactive ketones (excluding diaryl/α,β-unsaturated/α-hetero) is 1. The Labute approximate surface area is 178 Å². The van der Waals surface area contributed by atoms with E-state index >= 15 is 0 Å². The Hall–Kier alpha value is -3.43. The zero-order valence-corrected chi connectivity index (χ0v) is 17.2. The first-order chi connectivity index (χ1) is 15.0. The van der Waals surface area contributed by atoms with E-state index in [9.17, 15) is 9.18 Å². The molecule has 2 aliphatic rings. The number of aromatic amines is 1. The standard InChI is InChI=1S/C22H22FN7O/c1-30(2)10-12-3-5-13(6-4-12)20-19(22-25-11-26-29-22)21-18-15(17(31)9-24-21)7-14(23)8-16(18)27-28-20/h3-8,11,19-20,27-28H,9-10H2,1-2H3,(H,25,26,29). The van der Waals surface area contributed by atoms with Crippen LogP contribution in [0.3, 0.4) is 0 Å². The largest absolute Gasteiger partial charge is 0.320 e. The summed E-state index contributed by atoms with van der Waals surface area (Å²) in [5.41, 5.74) is 10.7. The summed E-state index contributed by atoms with van der Waals surface area (Å²) in [5, 5.41) is 6.98. The molecule has 0 saturated heterocycles. The number of hydrogen-bond donors (Lipinski definition) is 3. The highest BCUT2D eigenvalue weighted by atomic mass is 19.1. The van der Waals surface area contributed by atoms with Gasteiger partial charge in [0.1, 0.15) is 24.5 Å². The van der Waals surface area contributed by atoms with E-state index in [1.807, 2.05) is 14.1 Å². The van der Waals surface area contributed by atoms with E-state index in [-0.39, 0.29) is 24.3 Å². The minimum atomic E-state index is -0.472. The van der Waals surface area contributed by atoms with Crippen molar-refractivity contribution in [2.24, 2.45) is 4.99 Å². The third-order valence-electron chi connectivity index (χ3n) is 5.61. The molecular formula is C22H22FN7O. The van der Waals surface area contributed by atoms with E-state index in [4.69, 9.17) is 0 Å². The van der Waals surface area contributed by atoms with Gasteiger partial charge in [-0.15, -0.1) is 0 Å². The fourth-order valence-corrected chi connectivity index (χ4v) is 4.30. The number of H-pyrrole nitrogens is 1. The lowest BCUT2D eigenvalue weighted by atomic mass is 9.82. The van der Waals surface area contributed by atoms with Crippen LogP contribution in [0.25, 0.3) is 0 Å². The van der Waals surface area contributed by atoms with E-state index in [2.05, 4.69) is 60.2 Å². The van der Waals surface area contributed by atoms with Crippen LogP contribution in [0, 0.1) is 5.82 Å². The van der Waals surface area contributed by atoms with E-state index in [1.165, 1.54) is 24.0 Å². The molecule has 0 radical (unpaired) electrons. The number of carbonyl (C=O) groups excluding carboxylic acids is 1. The van der Waals surface area contributed by atoms with Crippen molar-refractivity contribution >= 4 is 17.2 Å². The van der Waals surface area contributed by atoms with E-state index in [0.29, 0.717) is 28.4 Å². The number of carbonyl (C=O) groups is 1. The van der Waals surface area contributed by atoms with Crippen LogP contribution in [0.4, 0.5) is 10.1 Å². The van der Waals surface area contributed by atoms with Crippen molar-refractivity contribution < 1.29 is 9.18 Å². The Balaban J connectivity index is 1.63. The number of ketones is 1. The number of rotatable bonds is 4. The van der Waals surface area contributed by atoms with Gasteiger partial charge in [0.25, 0.3) is 0 Å². The second-order valence-corrected chi connectivity index (χ2v) is 8.08. The van der Waals surface area contributed by atoms with Crippen LogP contribution in [-0.4, -0.2) is 52.2 Å². The average molecular weight is 419 g/mol. The molecular weight excluding hydrogens is 397 g/mol. The lowest BCUT2D eigenvalue weighted by Gasteiger charge is -2.27. The Morgan fingerprint density at radius 3 is 2.71 bits per heavy atom. The monoisotopic (exact) mass is 419 g/mol. The van der Waals surface area contributed by atoms with Gasteiger partial charge < -0.3 is 10.3 Å². The normalized spacial score (nSPS) is 20.1. The van der Waals surface area contributed by atoms with Gasteiger partial charge in [0.2, 0.25) is 0 Å². The summed E-state index contributed by atoms with van der Waals surface area (Å²) in [6.07, 6.45) is 1.45. The third-order valence-corrected chi connectivity index (χ3v) is 5.61. The molecule has 9 heteroatoms. The molecule has 31 heavy (non-hydrogen) atoms. The maximum absolute atomic E-state index is 14.2. The fourth-order valence-electron chi connectivity index (χ4n) is 4.30. The molecule has 1 aromatic heterocycles. The van der Waals surface area contributed by atoms with Crippen molar-refractivity contribution in [1.82, 2.24) is 25.5 Å². The van der Waals surface area contributed by atoms with Gasteiger partial charge in [0.15, 0.2) is 5.78 Å². The summed E-state index contributed by atoms with van der Waals surface area (Å²) < 4.78 is 14.2. The Morgan fingerprint density at radius 2 is 2.00 bits per heavy atom. The predicted octanol–water partition coefficient (Wildman–Crippen LogP) is 2.45. The van der Waals surface area contributed by atoms with E-state index in [1.54, 1.807) is 0 Å². The number of hydrogen-bond acceptors (Lipinski definition) is 7. The SMILES string of the molecule is CN(C)Cc1ccc(C2NNc3cc(F)cc4c3C(=NCC4=O)C2c2ncn[nH]2)cc1. The quantitative estimate of drug-likeness (QED) is 0.601. The van der Waals surface area contributed by atoms with Crippen LogP contribution in [-0.2, 0) is 6.54 Å². The Morgan fingerprint density at radius 1 is 1.19 bits per heavy atom. The van der Waals surface area contributed by atoms with Crippen molar-refractivity contribution in [3.63, 3.8) is 0 Å². The number of nitrogens with one attached hydrogen (secondary N) is 3. The van der Waals surface area contributed by atoms with Crippen LogP contribution in [0.15, 0.2) is 47.7 Å². The lowest BCUT2D eigenvalue weighted by molar-refractivity contribution is 0.0999. The number of nitrogens with zero attached hydrogens (tertiary/aromatic N) is 4. The summed E-state index contributed by atoms with van der Waals surface area (Å²) in [5.74, 6) is -0.411. The minimum Gasteiger partial charge on any atom is -0.320 e. The maximum Gasteiger partial charge on any atom is 0.185 e. The smallest absolute Gasteiger partial charge is 0.185 e. The van der Waals surface area contributed by atoms with Gasteiger partial charge in [-0.05, 0) is 37.4 Å². The molecule has 5 rings (SSSR count). The van der Waals surface area contributed by atoms with Crippen molar-refractivity contribution in [3.05, 3.63) is 76.6 Å². The van der Waals surface area contributed by atoms with Gasteiger partial charge in [-0.25, -0.2) is 14.8 Å². The van der Waals surface area contributed by atoms with Gasteiger partial charge in [-0.2, -0.15) is 5.10 Å². The minimum absolute atomic E-state index is 0.0235. The molecule has 2 aliphatic heterocycles. The van der Waals surface area contributed by atoms with E-state index in [0.717, 1.165) is 12.1 Å². The topological polar surface area (TPSA) is 98.3 Å². The molecule has 0 spiro atoms. The first-order valence-electron chi connectivity index (χ1n) is 10.0. The first kappa shape index (κ1) is 19.5. The highest BCUT2D eigenvalue weighted by molar-refractivity contribution is 6.20. The number of aromatic nitrogens is 3. The average Bonchev–Trinajstić information content (AvgIpc) is 3.21. The number of anilines is 1. The molecule has 0 fully saturated rings. The molecule has 8 nitrogen and oxygen atoms in total. The molecule has 2 atom stereocenters. The van der Waals surface area contributed by atoms with Crippen molar-refractivity contribution in [1.29, 1.82) is 0 Å². The number of halogens is 1. The predicted molar refractivity (Wildman–Crippen MR) is 115 cm³/mol. The lowest BCUT2D eigenvalue weighted by Crippen LogP contribution is -2.33. The fraction of sp³-hybridized carbons (Fsp3) is 0.273. The van der Waals surface area contributed by atoms with Crippen molar-refractivity contribution in [3.8, 4) is 0 Å². The molecule has 2 unspecified atom stereocenters.